The second-order valence-electron chi connectivity index (χ2n) is 7.69. The molecule has 0 radical (unpaired) electrons. The number of fused-ring (bicyclic) bond motifs is 1. The summed E-state index contributed by atoms with van der Waals surface area (Å²) in [5.74, 6) is -0.714. The van der Waals surface area contributed by atoms with E-state index >= 15 is 0 Å². The lowest BCUT2D eigenvalue weighted by Crippen LogP contribution is -2.39. The summed E-state index contributed by atoms with van der Waals surface area (Å²) in [6, 6.07) is 4.62. The summed E-state index contributed by atoms with van der Waals surface area (Å²) < 4.78 is 65.6. The minimum Gasteiger partial charge on any atom is -0.368 e. The molecule has 1 saturated heterocycles. The van der Waals surface area contributed by atoms with Crippen LogP contribution in [0.3, 0.4) is 0 Å². The molecule has 4 rings (SSSR count). The summed E-state index contributed by atoms with van der Waals surface area (Å²) in [4.78, 5) is 19.5. The number of carbonyl (C=O) groups is 1. The van der Waals surface area contributed by atoms with Gasteiger partial charge in [0.25, 0.3) is 0 Å². The van der Waals surface area contributed by atoms with Crippen molar-refractivity contribution in [2.75, 3.05) is 35.3 Å². The molecule has 1 aromatic heterocycles. The third-order valence-corrected chi connectivity index (χ3v) is 6.71. The molecule has 0 unspecified atom stereocenters. The summed E-state index contributed by atoms with van der Waals surface area (Å²) in [6.45, 7) is 0.311. The third-order valence-electron chi connectivity index (χ3n) is 5.38. The highest BCUT2D eigenvalue weighted by atomic mass is 32.2. The van der Waals surface area contributed by atoms with Crippen LogP contribution in [0.4, 0.5) is 36.3 Å². The summed E-state index contributed by atoms with van der Waals surface area (Å²) in [5, 5.41) is 8.24. The highest BCUT2D eigenvalue weighted by molar-refractivity contribution is 7.88. The Morgan fingerprint density at radius 1 is 1.31 bits per heavy atom. The Balaban J connectivity index is 1.59. The molecule has 3 N–H and O–H groups in total. The summed E-state index contributed by atoms with van der Waals surface area (Å²) >= 11 is 0. The van der Waals surface area contributed by atoms with E-state index in [0.717, 1.165) is 6.26 Å². The predicted octanol–water partition coefficient (Wildman–Crippen LogP) is 2.57. The third kappa shape index (κ3) is 4.63. The van der Waals surface area contributed by atoms with Crippen LogP contribution >= 0.6 is 0 Å². The monoisotopic (exact) mass is 470 g/mol. The van der Waals surface area contributed by atoms with Crippen molar-refractivity contribution in [1.29, 1.82) is 0 Å². The van der Waals surface area contributed by atoms with Gasteiger partial charge in [0.2, 0.25) is 21.9 Å². The van der Waals surface area contributed by atoms with Gasteiger partial charge in [-0.1, -0.05) is 6.07 Å². The van der Waals surface area contributed by atoms with Crippen molar-refractivity contribution in [3.8, 4) is 0 Å². The quantitative estimate of drug-likeness (QED) is 0.594. The molecule has 32 heavy (non-hydrogen) atoms. The van der Waals surface area contributed by atoms with Gasteiger partial charge in [0, 0.05) is 42.3 Å². The average Bonchev–Trinajstić information content (AvgIpc) is 3.31. The molecular formula is C19H21F3N6O3S. The maximum Gasteiger partial charge on any atom is 0.421 e. The number of aromatic nitrogens is 2. The van der Waals surface area contributed by atoms with Crippen molar-refractivity contribution in [2.45, 2.75) is 31.5 Å². The lowest BCUT2D eigenvalue weighted by molar-refractivity contribution is -0.137. The van der Waals surface area contributed by atoms with Crippen LogP contribution in [-0.4, -0.2) is 54.0 Å². The molecule has 1 aromatic carbocycles. The maximum absolute atomic E-state index is 13.5. The molecule has 2 aromatic rings. The Morgan fingerprint density at radius 3 is 2.81 bits per heavy atom. The van der Waals surface area contributed by atoms with Crippen LogP contribution in [-0.2, 0) is 27.4 Å². The number of benzene rings is 1. The van der Waals surface area contributed by atoms with Crippen LogP contribution in [0, 0.1) is 0 Å². The summed E-state index contributed by atoms with van der Waals surface area (Å²) in [6.07, 6.45) is -1.64. The van der Waals surface area contributed by atoms with Crippen LogP contribution in [0.15, 0.2) is 24.4 Å². The van der Waals surface area contributed by atoms with Crippen LogP contribution in [0.5, 0.6) is 0 Å². The number of hydrogen-bond acceptors (Lipinski definition) is 7. The fourth-order valence-electron chi connectivity index (χ4n) is 3.94. The number of sulfonamides is 1. The molecule has 2 aliphatic heterocycles. The molecule has 172 valence electrons. The summed E-state index contributed by atoms with van der Waals surface area (Å²) in [7, 11) is -3.46. The van der Waals surface area contributed by atoms with Gasteiger partial charge in [-0.25, -0.2) is 13.4 Å². The van der Waals surface area contributed by atoms with E-state index in [1.54, 1.807) is 18.2 Å². The normalized spacial score (nSPS) is 19.0. The Bertz CT molecular complexity index is 1160. The number of rotatable bonds is 6. The summed E-state index contributed by atoms with van der Waals surface area (Å²) in [5.41, 5.74) is 0.741. The van der Waals surface area contributed by atoms with Crippen molar-refractivity contribution >= 4 is 39.1 Å². The zero-order valence-corrected chi connectivity index (χ0v) is 17.8. The molecule has 1 amide bonds. The van der Waals surface area contributed by atoms with Gasteiger partial charge in [-0.05, 0) is 25.0 Å². The van der Waals surface area contributed by atoms with Gasteiger partial charge in [0.1, 0.15) is 11.4 Å². The van der Waals surface area contributed by atoms with E-state index in [-0.39, 0.29) is 24.8 Å². The van der Waals surface area contributed by atoms with Gasteiger partial charge in [0.05, 0.1) is 12.7 Å². The molecule has 1 atom stereocenters. The second kappa shape index (κ2) is 8.20. The van der Waals surface area contributed by atoms with E-state index in [4.69, 9.17) is 0 Å². The fraction of sp³-hybridized carbons (Fsp3) is 0.421. The minimum atomic E-state index is -4.70. The molecule has 3 heterocycles. The largest absolute Gasteiger partial charge is 0.421 e. The Kier molecular flexibility index (Phi) is 5.71. The van der Waals surface area contributed by atoms with Crippen molar-refractivity contribution in [3.63, 3.8) is 0 Å². The lowest BCUT2D eigenvalue weighted by Gasteiger charge is -2.23. The molecule has 9 nitrogen and oxygen atoms in total. The van der Waals surface area contributed by atoms with Crippen LogP contribution < -0.4 is 16.0 Å². The van der Waals surface area contributed by atoms with E-state index in [9.17, 15) is 26.4 Å². The highest BCUT2D eigenvalue weighted by Crippen LogP contribution is 2.35. The molecule has 0 bridgehead atoms. The van der Waals surface area contributed by atoms with Gasteiger partial charge < -0.3 is 16.0 Å². The number of nitrogens with one attached hydrogen (secondary N) is 3. The second-order valence-corrected chi connectivity index (χ2v) is 9.62. The number of hydrogen-bond donors (Lipinski definition) is 3. The van der Waals surface area contributed by atoms with Crippen molar-refractivity contribution in [2.24, 2.45) is 0 Å². The number of nitrogens with zero attached hydrogens (tertiary/aromatic N) is 3. The highest BCUT2D eigenvalue weighted by Gasteiger charge is 2.37. The zero-order valence-electron chi connectivity index (χ0n) is 17.0. The maximum atomic E-state index is 13.5. The SMILES string of the molecule is CS(=O)(=O)N1CCC[C@@H]1CNc1nc(Nc2cccc3c2CC(=O)N3)ncc1C(F)(F)F. The number of anilines is 4. The first-order chi connectivity index (χ1) is 15.0. The number of amides is 1. The molecule has 0 saturated carbocycles. The molecule has 0 aliphatic carbocycles. The van der Waals surface area contributed by atoms with Crippen LogP contribution in [0.25, 0.3) is 0 Å². The predicted molar refractivity (Wildman–Crippen MR) is 112 cm³/mol. The van der Waals surface area contributed by atoms with Crippen LogP contribution in [0.2, 0.25) is 0 Å². The lowest BCUT2D eigenvalue weighted by atomic mass is 10.1. The molecule has 1 fully saturated rings. The van der Waals surface area contributed by atoms with Gasteiger partial charge >= 0.3 is 6.18 Å². The van der Waals surface area contributed by atoms with Crippen molar-refractivity contribution < 1.29 is 26.4 Å². The Labute approximate surface area is 182 Å². The van der Waals surface area contributed by atoms with E-state index in [1.165, 1.54) is 4.31 Å². The zero-order chi connectivity index (χ0) is 23.1. The average molecular weight is 470 g/mol. The van der Waals surface area contributed by atoms with E-state index in [0.29, 0.717) is 42.5 Å². The molecule has 0 spiro atoms. The first-order valence-electron chi connectivity index (χ1n) is 9.86. The molecule has 2 aliphatic rings. The Hall–Kier alpha value is -2.93. The Morgan fingerprint density at radius 2 is 2.09 bits per heavy atom. The number of alkyl halides is 3. The standard InChI is InChI=1S/C19H21F3N6O3S/c1-32(30,31)28-7-3-4-11(28)9-23-17-13(19(20,21)22)10-24-18(27-17)26-15-6-2-5-14-12(15)8-16(29)25-14/h2,5-6,10-11H,3-4,7-9H2,1H3,(H,25,29)(H2,23,24,26,27)/t11-/m1/s1. The van der Waals surface area contributed by atoms with E-state index < -0.39 is 33.6 Å². The van der Waals surface area contributed by atoms with E-state index in [2.05, 4.69) is 25.9 Å². The number of halogens is 3. The topological polar surface area (TPSA) is 116 Å². The van der Waals surface area contributed by atoms with E-state index in [1.807, 2.05) is 0 Å². The minimum absolute atomic E-state index is 0.0221. The smallest absolute Gasteiger partial charge is 0.368 e. The number of carbonyl (C=O) groups excluding carboxylic acids is 1. The fourth-order valence-corrected chi connectivity index (χ4v) is 5.12. The van der Waals surface area contributed by atoms with Gasteiger partial charge in [-0.15, -0.1) is 0 Å². The van der Waals surface area contributed by atoms with Crippen LogP contribution in [0.1, 0.15) is 24.0 Å². The van der Waals surface area contributed by atoms with Crippen molar-refractivity contribution in [3.05, 3.63) is 35.5 Å². The molecule has 13 heteroatoms. The van der Waals surface area contributed by atoms with Gasteiger partial charge in [-0.3, -0.25) is 4.79 Å². The van der Waals surface area contributed by atoms with Crippen molar-refractivity contribution in [1.82, 2.24) is 14.3 Å². The first-order valence-corrected chi connectivity index (χ1v) is 11.7. The van der Waals surface area contributed by atoms with Gasteiger partial charge in [0.15, 0.2) is 0 Å². The van der Waals surface area contributed by atoms with Gasteiger partial charge in [-0.2, -0.15) is 22.5 Å². The molecular weight excluding hydrogens is 449 g/mol. The first kappa shape index (κ1) is 22.3.